The Hall–Kier alpha value is -5.54. The van der Waals surface area contributed by atoms with E-state index in [1.54, 1.807) is 72.8 Å². The standard InChI is InChI=1S/C40H31ClFN3O5/c1-2-22-7-17-27(18-8-22)44-36(47)30-20-19-28-31(34(30)38(44)49)21-32-37(48)45(43-26-15-13-25(42)14-16-26)39(50)40(32,23-9-11-24(41)12-10-23)35(28)29-5-3-4-6-33(29)46/h2-19,30-32,34-35,43,46H,1,20-21H2. The van der Waals surface area contributed by atoms with Gasteiger partial charge in [-0.3, -0.25) is 29.5 Å². The number of carbonyl (C=O) groups is 4. The summed E-state index contributed by atoms with van der Waals surface area (Å²) in [4.78, 5) is 59.4. The van der Waals surface area contributed by atoms with Crippen molar-refractivity contribution in [1.29, 1.82) is 0 Å². The Balaban J connectivity index is 1.31. The van der Waals surface area contributed by atoms with Crippen LogP contribution in [0, 0.1) is 29.5 Å². The number of rotatable bonds is 6. The Morgan fingerprint density at radius 1 is 0.860 bits per heavy atom. The summed E-state index contributed by atoms with van der Waals surface area (Å²) in [5, 5.41) is 12.8. The van der Waals surface area contributed by atoms with E-state index in [0.717, 1.165) is 10.6 Å². The number of fused-ring (bicyclic) bond motifs is 4. The molecule has 6 unspecified atom stereocenters. The van der Waals surface area contributed by atoms with Crippen LogP contribution >= 0.6 is 11.6 Å². The van der Waals surface area contributed by atoms with Gasteiger partial charge in [-0.05, 0) is 84.5 Å². The molecule has 0 aromatic heterocycles. The largest absolute Gasteiger partial charge is 0.508 e. The summed E-state index contributed by atoms with van der Waals surface area (Å²) in [6.07, 6.45) is 3.94. The molecule has 0 bridgehead atoms. The Kier molecular flexibility index (Phi) is 7.49. The molecule has 2 aliphatic carbocycles. The van der Waals surface area contributed by atoms with E-state index in [1.165, 1.54) is 35.2 Å². The third-order valence-electron chi connectivity index (χ3n) is 10.9. The fourth-order valence-electron chi connectivity index (χ4n) is 8.75. The van der Waals surface area contributed by atoms with E-state index >= 15 is 4.79 Å². The highest BCUT2D eigenvalue weighted by molar-refractivity contribution is 6.30. The zero-order chi connectivity index (χ0) is 34.9. The Morgan fingerprint density at radius 2 is 1.56 bits per heavy atom. The zero-order valence-corrected chi connectivity index (χ0v) is 27.4. The predicted molar refractivity (Wildman–Crippen MR) is 186 cm³/mol. The molecule has 0 radical (unpaired) electrons. The van der Waals surface area contributed by atoms with Gasteiger partial charge in [-0.2, -0.15) is 5.01 Å². The van der Waals surface area contributed by atoms with Crippen molar-refractivity contribution in [2.24, 2.45) is 23.7 Å². The van der Waals surface area contributed by atoms with Crippen molar-refractivity contribution < 1.29 is 28.7 Å². The van der Waals surface area contributed by atoms with E-state index in [9.17, 15) is 23.9 Å². The molecular formula is C40H31ClFN3O5. The highest BCUT2D eigenvalue weighted by Gasteiger charge is 2.70. The van der Waals surface area contributed by atoms with Crippen LogP contribution in [0.4, 0.5) is 15.8 Å². The van der Waals surface area contributed by atoms with Crippen LogP contribution in [-0.4, -0.2) is 33.7 Å². The smallest absolute Gasteiger partial charge is 0.260 e. The number of imide groups is 2. The summed E-state index contributed by atoms with van der Waals surface area (Å²) in [7, 11) is 0. The molecule has 4 aromatic rings. The maximum absolute atomic E-state index is 15.1. The second-order valence-corrected chi connectivity index (χ2v) is 13.7. The number of hydrogen-bond donors (Lipinski definition) is 2. The summed E-state index contributed by atoms with van der Waals surface area (Å²) >= 11 is 6.33. The van der Waals surface area contributed by atoms with Gasteiger partial charge in [0.15, 0.2) is 0 Å². The second kappa shape index (κ2) is 11.8. The SMILES string of the molecule is C=Cc1ccc(N2C(=O)C3CC=C4C(CC5C(=O)N(Nc6ccc(F)cc6)C(=O)C5(c5ccc(Cl)cc5)C4c4ccccc4O)C3C2=O)cc1. The number of halogens is 2. The fraction of sp³-hybridized carbons (Fsp3) is 0.200. The average Bonchev–Trinajstić information content (AvgIpc) is 3.50. The Labute approximate surface area is 292 Å². The van der Waals surface area contributed by atoms with Gasteiger partial charge in [0, 0.05) is 16.5 Å². The number of hydrazine groups is 1. The van der Waals surface area contributed by atoms with E-state index in [-0.39, 0.29) is 30.4 Å². The van der Waals surface area contributed by atoms with Crippen LogP contribution in [0.25, 0.3) is 6.08 Å². The van der Waals surface area contributed by atoms with E-state index in [0.29, 0.717) is 33.1 Å². The number of phenolic OH excluding ortho intramolecular Hbond substituents is 1. The van der Waals surface area contributed by atoms with Gasteiger partial charge in [0.1, 0.15) is 11.6 Å². The number of hydrogen-bond acceptors (Lipinski definition) is 6. The molecule has 2 saturated heterocycles. The van der Waals surface area contributed by atoms with Crippen molar-refractivity contribution >= 4 is 52.7 Å². The minimum atomic E-state index is -1.57. The average molecular weight is 688 g/mol. The molecule has 4 aromatic carbocycles. The normalized spacial score (nSPS) is 27.1. The lowest BCUT2D eigenvalue weighted by molar-refractivity contribution is -0.138. The maximum atomic E-state index is 15.1. The molecule has 6 atom stereocenters. The van der Waals surface area contributed by atoms with Gasteiger partial charge in [0.2, 0.25) is 11.8 Å². The highest BCUT2D eigenvalue weighted by atomic mass is 35.5. The molecule has 2 aliphatic heterocycles. The van der Waals surface area contributed by atoms with E-state index in [2.05, 4.69) is 12.0 Å². The van der Waals surface area contributed by atoms with Gasteiger partial charge in [-0.1, -0.05) is 78.4 Å². The molecule has 250 valence electrons. The van der Waals surface area contributed by atoms with Gasteiger partial charge in [-0.25, -0.2) is 4.39 Å². The van der Waals surface area contributed by atoms with Gasteiger partial charge in [-0.15, -0.1) is 0 Å². The number of aromatic hydroxyl groups is 1. The van der Waals surface area contributed by atoms with Gasteiger partial charge >= 0.3 is 0 Å². The number of anilines is 2. The van der Waals surface area contributed by atoms with E-state index in [1.807, 2.05) is 6.08 Å². The molecule has 3 fully saturated rings. The molecule has 0 spiro atoms. The molecule has 50 heavy (non-hydrogen) atoms. The van der Waals surface area contributed by atoms with Crippen LogP contribution in [0.5, 0.6) is 5.75 Å². The minimum Gasteiger partial charge on any atom is -0.508 e. The van der Waals surface area contributed by atoms with Gasteiger partial charge in [0.05, 0.1) is 34.5 Å². The first-order chi connectivity index (χ1) is 24.1. The molecule has 1 saturated carbocycles. The zero-order valence-electron chi connectivity index (χ0n) is 26.6. The summed E-state index contributed by atoms with van der Waals surface area (Å²) < 4.78 is 13.8. The van der Waals surface area contributed by atoms with Crippen molar-refractivity contribution in [2.75, 3.05) is 10.3 Å². The lowest BCUT2D eigenvalue weighted by Gasteiger charge is -2.50. The molecular weight excluding hydrogens is 657 g/mol. The van der Waals surface area contributed by atoms with Crippen LogP contribution in [0.15, 0.2) is 115 Å². The topological polar surface area (TPSA) is 107 Å². The number of nitrogens with zero attached hydrogens (tertiary/aromatic N) is 2. The first-order valence-electron chi connectivity index (χ1n) is 16.4. The molecule has 8 rings (SSSR count). The number of nitrogens with one attached hydrogen (secondary N) is 1. The number of benzene rings is 4. The van der Waals surface area contributed by atoms with Crippen molar-refractivity contribution in [1.82, 2.24) is 5.01 Å². The number of amides is 4. The lowest BCUT2D eigenvalue weighted by atomic mass is 9.49. The monoisotopic (exact) mass is 687 g/mol. The third-order valence-corrected chi connectivity index (χ3v) is 11.1. The number of para-hydroxylation sites is 1. The van der Waals surface area contributed by atoms with Gasteiger partial charge in [0.25, 0.3) is 11.8 Å². The Morgan fingerprint density at radius 3 is 2.24 bits per heavy atom. The molecule has 4 aliphatic rings. The third kappa shape index (κ3) is 4.56. The minimum absolute atomic E-state index is 0.0729. The lowest BCUT2D eigenvalue weighted by Crippen LogP contribution is -2.53. The van der Waals surface area contributed by atoms with Crippen LogP contribution in [-0.2, 0) is 24.6 Å². The summed E-state index contributed by atoms with van der Waals surface area (Å²) in [5.74, 6) is -6.29. The summed E-state index contributed by atoms with van der Waals surface area (Å²) in [5.41, 5.74) is 4.61. The summed E-state index contributed by atoms with van der Waals surface area (Å²) in [6.45, 7) is 3.78. The van der Waals surface area contributed by atoms with Crippen LogP contribution < -0.4 is 10.3 Å². The molecule has 2 heterocycles. The van der Waals surface area contributed by atoms with Gasteiger partial charge < -0.3 is 5.11 Å². The highest BCUT2D eigenvalue weighted by Crippen LogP contribution is 2.65. The van der Waals surface area contributed by atoms with E-state index < -0.39 is 52.6 Å². The molecule has 2 N–H and O–H groups in total. The fourth-order valence-corrected chi connectivity index (χ4v) is 8.87. The molecule has 8 nitrogen and oxygen atoms in total. The van der Waals surface area contributed by atoms with Crippen molar-refractivity contribution in [3.05, 3.63) is 143 Å². The van der Waals surface area contributed by atoms with Crippen LogP contribution in [0.3, 0.4) is 0 Å². The quantitative estimate of drug-likeness (QED) is 0.167. The number of carbonyl (C=O) groups excluding carboxylic acids is 4. The Bertz CT molecular complexity index is 2120. The van der Waals surface area contributed by atoms with Crippen LogP contribution in [0.1, 0.15) is 35.4 Å². The predicted octanol–water partition coefficient (Wildman–Crippen LogP) is 7.02. The van der Waals surface area contributed by atoms with Crippen molar-refractivity contribution in [3.8, 4) is 5.75 Å². The van der Waals surface area contributed by atoms with Crippen LogP contribution in [0.2, 0.25) is 5.02 Å². The number of phenols is 1. The molecule has 4 amide bonds. The molecule has 10 heteroatoms. The summed E-state index contributed by atoms with van der Waals surface area (Å²) in [6, 6.07) is 25.8. The van der Waals surface area contributed by atoms with E-state index in [4.69, 9.17) is 11.6 Å². The van der Waals surface area contributed by atoms with Crippen molar-refractivity contribution in [2.45, 2.75) is 24.2 Å². The first-order valence-corrected chi connectivity index (χ1v) is 16.8. The maximum Gasteiger partial charge on any atom is 0.260 e. The number of allylic oxidation sites excluding steroid dienone is 2. The second-order valence-electron chi connectivity index (χ2n) is 13.2. The first kappa shape index (κ1) is 31.7. The van der Waals surface area contributed by atoms with Crippen molar-refractivity contribution in [3.63, 3.8) is 0 Å².